The number of carbonyl (C=O) groups excluding carboxylic acids is 2. The maximum Gasteiger partial charge on any atom is 0.306 e. The lowest BCUT2D eigenvalue weighted by Crippen LogP contribution is -2.28. The van der Waals surface area contributed by atoms with Crippen molar-refractivity contribution in [1.29, 1.82) is 0 Å². The number of esters is 2. The molecular weight excluding hydrogens is 765 g/mol. The maximum atomic E-state index is 12.2. The fraction of sp³-hybridized carbons (Fsp3) is 0.825. The predicted octanol–water partition coefficient (Wildman–Crippen LogP) is 18.1. The summed E-state index contributed by atoms with van der Waals surface area (Å²) < 4.78 is 10.6. The molecule has 0 bridgehead atoms. The number of rotatable bonds is 50. The summed E-state index contributed by atoms with van der Waals surface area (Å²) in [4.78, 5) is 24.3. The van der Waals surface area contributed by atoms with Gasteiger partial charge in [0, 0.05) is 12.8 Å². The second kappa shape index (κ2) is 53.2. The predicted molar refractivity (Wildman–Crippen MR) is 270 cm³/mol. The monoisotopic (exact) mass is 869 g/mol. The van der Waals surface area contributed by atoms with Gasteiger partial charge in [0.1, 0.15) is 6.61 Å². The Bertz CT molecular complexity index is 1030. The molecule has 5 heteroatoms. The van der Waals surface area contributed by atoms with Gasteiger partial charge in [-0.3, -0.25) is 9.59 Å². The van der Waals surface area contributed by atoms with E-state index in [-0.39, 0.29) is 25.2 Å². The van der Waals surface area contributed by atoms with Crippen LogP contribution in [0.5, 0.6) is 0 Å². The van der Waals surface area contributed by atoms with Crippen LogP contribution in [-0.4, -0.2) is 36.4 Å². The second-order valence-electron chi connectivity index (χ2n) is 18.3. The molecule has 0 aliphatic heterocycles. The molecule has 0 amide bonds. The van der Waals surface area contributed by atoms with Crippen LogP contribution in [0.1, 0.15) is 284 Å². The number of allylic oxidation sites excluding steroid dienone is 8. The van der Waals surface area contributed by atoms with Crippen LogP contribution in [0.2, 0.25) is 0 Å². The molecule has 0 aliphatic carbocycles. The first-order valence-electron chi connectivity index (χ1n) is 27.2. The smallest absolute Gasteiger partial charge is 0.306 e. The fourth-order valence-corrected chi connectivity index (χ4v) is 7.96. The van der Waals surface area contributed by atoms with Crippen LogP contribution in [0.3, 0.4) is 0 Å². The van der Waals surface area contributed by atoms with Crippen molar-refractivity contribution in [3.63, 3.8) is 0 Å². The molecule has 0 saturated carbocycles. The van der Waals surface area contributed by atoms with Crippen molar-refractivity contribution in [3.05, 3.63) is 48.6 Å². The van der Waals surface area contributed by atoms with Gasteiger partial charge in [-0.05, 0) is 70.6 Å². The lowest BCUT2D eigenvalue weighted by atomic mass is 10.0. The van der Waals surface area contributed by atoms with Gasteiger partial charge in [0.05, 0.1) is 6.61 Å². The lowest BCUT2D eigenvalue weighted by molar-refractivity contribution is -0.161. The van der Waals surface area contributed by atoms with Gasteiger partial charge in [0.25, 0.3) is 0 Å². The summed E-state index contributed by atoms with van der Waals surface area (Å²) >= 11 is 0. The van der Waals surface area contributed by atoms with Crippen molar-refractivity contribution < 1.29 is 24.2 Å². The average molecular weight is 869 g/mol. The Morgan fingerprint density at radius 3 is 1.03 bits per heavy atom. The van der Waals surface area contributed by atoms with E-state index in [1.165, 1.54) is 199 Å². The summed E-state index contributed by atoms with van der Waals surface area (Å²) in [7, 11) is 0. The van der Waals surface area contributed by atoms with Crippen molar-refractivity contribution >= 4 is 11.9 Å². The van der Waals surface area contributed by atoms with Gasteiger partial charge in [0.15, 0.2) is 6.10 Å². The van der Waals surface area contributed by atoms with E-state index < -0.39 is 6.10 Å². The summed E-state index contributed by atoms with van der Waals surface area (Å²) in [6, 6.07) is 0. The highest BCUT2D eigenvalue weighted by molar-refractivity contribution is 5.70. The van der Waals surface area contributed by atoms with E-state index in [0.717, 1.165) is 57.8 Å². The van der Waals surface area contributed by atoms with E-state index in [1.54, 1.807) is 0 Å². The topological polar surface area (TPSA) is 72.8 Å². The molecular formula is C57H104O5. The van der Waals surface area contributed by atoms with Crippen LogP contribution >= 0.6 is 0 Å². The van der Waals surface area contributed by atoms with Gasteiger partial charge in [-0.25, -0.2) is 0 Å². The van der Waals surface area contributed by atoms with Crippen LogP contribution < -0.4 is 0 Å². The Morgan fingerprint density at radius 2 is 0.661 bits per heavy atom. The average Bonchev–Trinajstić information content (AvgIpc) is 3.28. The largest absolute Gasteiger partial charge is 0.462 e. The molecule has 62 heavy (non-hydrogen) atoms. The molecule has 0 rings (SSSR count). The molecule has 0 aliphatic rings. The summed E-state index contributed by atoms with van der Waals surface area (Å²) in [5.74, 6) is -0.592. The molecule has 0 spiro atoms. The molecule has 0 heterocycles. The number of aliphatic hydroxyl groups excluding tert-OH is 1. The number of hydrogen-bond donors (Lipinski definition) is 1. The second-order valence-corrected chi connectivity index (χ2v) is 18.3. The Balaban J connectivity index is 3.39. The summed E-state index contributed by atoms with van der Waals surface area (Å²) in [6.45, 7) is 4.10. The van der Waals surface area contributed by atoms with Gasteiger partial charge in [-0.1, -0.05) is 249 Å². The molecule has 5 nitrogen and oxygen atoms in total. The summed E-state index contributed by atoms with van der Waals surface area (Å²) in [6.07, 6.45) is 69.6. The molecule has 1 atom stereocenters. The molecule has 0 aromatic heterocycles. The highest BCUT2D eigenvalue weighted by atomic mass is 16.6. The van der Waals surface area contributed by atoms with Gasteiger partial charge in [-0.2, -0.15) is 0 Å². The minimum Gasteiger partial charge on any atom is -0.462 e. The number of ether oxygens (including phenoxy) is 2. The molecule has 362 valence electrons. The van der Waals surface area contributed by atoms with E-state index in [2.05, 4.69) is 62.5 Å². The van der Waals surface area contributed by atoms with Crippen molar-refractivity contribution in [2.24, 2.45) is 0 Å². The molecule has 1 N–H and O–H groups in total. The van der Waals surface area contributed by atoms with E-state index in [4.69, 9.17) is 9.47 Å². The van der Waals surface area contributed by atoms with Gasteiger partial charge in [-0.15, -0.1) is 0 Å². The number of unbranched alkanes of at least 4 members (excludes halogenated alkanes) is 34. The third-order valence-corrected chi connectivity index (χ3v) is 12.1. The third kappa shape index (κ3) is 50.5. The number of carbonyl (C=O) groups is 2. The molecule has 0 aromatic carbocycles. The third-order valence-electron chi connectivity index (χ3n) is 12.1. The zero-order chi connectivity index (χ0) is 44.9. The van der Waals surface area contributed by atoms with Crippen LogP contribution in [0.25, 0.3) is 0 Å². The first kappa shape index (κ1) is 59.9. The standard InChI is InChI=1S/C57H104O5/c1-3-5-7-9-11-13-15-16-17-18-19-20-21-22-23-24-25-26-27-28-29-30-31-32-33-34-35-36-37-38-39-40-42-44-46-48-50-52-57(60)62-55(53-58)54-61-56(59)51-49-47-45-43-41-14-12-10-8-6-4-2/h10,12,15-16,18-19,21-22,55,58H,3-9,11,13-14,17,20,23-54H2,1-2H3/b12-10-,16-15-,19-18-,22-21-. The summed E-state index contributed by atoms with van der Waals surface area (Å²) in [5, 5.41) is 9.59. The Hall–Kier alpha value is -2.14. The number of aliphatic hydroxyl groups is 1. The SMILES string of the molecule is CCCC/C=C\CCCCCCCC(=O)OCC(CO)OC(=O)CCCCCCCCCCCCCCCCCCCCCCCC/C=C\C/C=C\C/C=C\CCCCCCC. The lowest BCUT2D eigenvalue weighted by Gasteiger charge is -2.15. The van der Waals surface area contributed by atoms with Crippen molar-refractivity contribution in [3.8, 4) is 0 Å². The fourth-order valence-electron chi connectivity index (χ4n) is 7.96. The van der Waals surface area contributed by atoms with Crippen LogP contribution in [0.15, 0.2) is 48.6 Å². The van der Waals surface area contributed by atoms with Gasteiger partial charge >= 0.3 is 11.9 Å². The van der Waals surface area contributed by atoms with Gasteiger partial charge in [0.2, 0.25) is 0 Å². The first-order chi connectivity index (χ1) is 30.6. The van der Waals surface area contributed by atoms with Crippen LogP contribution in [-0.2, 0) is 19.1 Å². The first-order valence-corrected chi connectivity index (χ1v) is 27.2. The minimum atomic E-state index is -0.772. The van der Waals surface area contributed by atoms with Crippen molar-refractivity contribution in [2.45, 2.75) is 290 Å². The molecule has 0 radical (unpaired) electrons. The van der Waals surface area contributed by atoms with E-state index >= 15 is 0 Å². The Kier molecular flexibility index (Phi) is 51.4. The number of hydrogen-bond acceptors (Lipinski definition) is 5. The molecule has 1 unspecified atom stereocenters. The molecule has 0 saturated heterocycles. The van der Waals surface area contributed by atoms with E-state index in [1.807, 2.05) is 0 Å². The summed E-state index contributed by atoms with van der Waals surface area (Å²) in [5.41, 5.74) is 0. The van der Waals surface area contributed by atoms with Crippen LogP contribution in [0.4, 0.5) is 0 Å². The van der Waals surface area contributed by atoms with Crippen LogP contribution in [0, 0.1) is 0 Å². The normalized spacial score (nSPS) is 12.5. The van der Waals surface area contributed by atoms with E-state index in [0.29, 0.717) is 12.8 Å². The Morgan fingerprint density at radius 1 is 0.371 bits per heavy atom. The maximum absolute atomic E-state index is 12.2. The Labute approximate surface area is 386 Å². The van der Waals surface area contributed by atoms with E-state index in [9.17, 15) is 14.7 Å². The zero-order valence-corrected chi connectivity index (χ0v) is 41.4. The highest BCUT2D eigenvalue weighted by Gasteiger charge is 2.16. The van der Waals surface area contributed by atoms with Crippen molar-refractivity contribution in [2.75, 3.05) is 13.2 Å². The molecule has 0 fully saturated rings. The quantitative estimate of drug-likeness (QED) is 0.0375. The zero-order valence-electron chi connectivity index (χ0n) is 41.4. The van der Waals surface area contributed by atoms with Crippen molar-refractivity contribution in [1.82, 2.24) is 0 Å². The highest BCUT2D eigenvalue weighted by Crippen LogP contribution is 2.17. The van der Waals surface area contributed by atoms with Gasteiger partial charge < -0.3 is 14.6 Å². The molecule has 0 aromatic rings. The minimum absolute atomic E-state index is 0.0672.